The molecular formula is C10H16O3. The quantitative estimate of drug-likeness (QED) is 0.483. The van der Waals surface area contributed by atoms with Crippen LogP contribution in [0.2, 0.25) is 0 Å². The number of Topliss-reactive ketones (excluding diaryl/α,β-unsaturated/α-hetero) is 1. The number of ketones is 1. The molecule has 0 N–H and O–H groups in total. The van der Waals surface area contributed by atoms with Crippen LogP contribution in [0.3, 0.4) is 0 Å². The van der Waals surface area contributed by atoms with Crippen molar-refractivity contribution >= 4 is 11.8 Å². The van der Waals surface area contributed by atoms with Gasteiger partial charge in [0.05, 0.1) is 6.61 Å². The summed E-state index contributed by atoms with van der Waals surface area (Å²) in [4.78, 5) is 22.7. The van der Waals surface area contributed by atoms with Crippen molar-refractivity contribution in [1.29, 1.82) is 0 Å². The van der Waals surface area contributed by atoms with Crippen LogP contribution >= 0.6 is 0 Å². The van der Waals surface area contributed by atoms with Gasteiger partial charge < -0.3 is 4.74 Å². The molecule has 74 valence electrons. The Bertz CT molecular complexity index is 210. The maximum Gasteiger partial charge on any atom is 0.316 e. The molecule has 3 nitrogen and oxygen atoms in total. The van der Waals surface area contributed by atoms with Crippen LogP contribution in [0, 0.1) is 11.8 Å². The van der Waals surface area contributed by atoms with Gasteiger partial charge in [0.25, 0.3) is 0 Å². The lowest BCUT2D eigenvalue weighted by Gasteiger charge is -2.23. The van der Waals surface area contributed by atoms with E-state index in [9.17, 15) is 9.59 Å². The van der Waals surface area contributed by atoms with Crippen LogP contribution < -0.4 is 0 Å². The van der Waals surface area contributed by atoms with E-state index in [1.54, 1.807) is 6.92 Å². The number of hydrogen-bond acceptors (Lipinski definition) is 3. The third kappa shape index (κ3) is 2.54. The predicted octanol–water partition coefficient (Wildman–Crippen LogP) is 1.55. The summed E-state index contributed by atoms with van der Waals surface area (Å²) in [5.41, 5.74) is 0. The summed E-state index contributed by atoms with van der Waals surface area (Å²) >= 11 is 0. The molecule has 0 amide bonds. The zero-order valence-electron chi connectivity index (χ0n) is 8.21. The molecule has 0 aromatic carbocycles. The zero-order chi connectivity index (χ0) is 9.84. The second-order valence-corrected chi connectivity index (χ2v) is 3.65. The number of carbonyl (C=O) groups is 2. The lowest BCUT2D eigenvalue weighted by Crippen LogP contribution is -2.31. The van der Waals surface area contributed by atoms with Gasteiger partial charge in [0.1, 0.15) is 11.7 Å². The molecule has 1 rings (SSSR count). The topological polar surface area (TPSA) is 43.4 Å². The van der Waals surface area contributed by atoms with Crippen molar-refractivity contribution in [2.24, 2.45) is 11.8 Å². The molecule has 0 aliphatic heterocycles. The Hall–Kier alpha value is -0.860. The number of ether oxygens (including phenoxy) is 1. The third-order valence-electron chi connectivity index (χ3n) is 2.48. The molecule has 1 aliphatic carbocycles. The van der Waals surface area contributed by atoms with Gasteiger partial charge in [-0.15, -0.1) is 0 Å². The number of carbonyl (C=O) groups excluding carboxylic acids is 2. The standard InChI is InChI=1S/C10H16O3/c1-3-13-10(12)8-6-7(2)4-5-9(8)11/h7-8H,3-6H2,1-2H3/t7-,8-/m0/s1. The normalized spacial score (nSPS) is 28.6. The fourth-order valence-electron chi connectivity index (χ4n) is 1.69. The minimum Gasteiger partial charge on any atom is -0.465 e. The largest absolute Gasteiger partial charge is 0.465 e. The molecule has 0 radical (unpaired) electrons. The first-order valence-corrected chi connectivity index (χ1v) is 4.84. The van der Waals surface area contributed by atoms with Crippen LogP contribution in [0.1, 0.15) is 33.1 Å². The molecule has 0 spiro atoms. The van der Waals surface area contributed by atoms with Crippen molar-refractivity contribution in [3.05, 3.63) is 0 Å². The summed E-state index contributed by atoms with van der Waals surface area (Å²) in [6.45, 7) is 4.18. The smallest absolute Gasteiger partial charge is 0.316 e. The van der Waals surface area contributed by atoms with Crippen molar-refractivity contribution in [3.8, 4) is 0 Å². The number of hydrogen-bond donors (Lipinski definition) is 0. The van der Waals surface area contributed by atoms with Gasteiger partial charge in [-0.1, -0.05) is 6.92 Å². The van der Waals surface area contributed by atoms with E-state index in [0.29, 0.717) is 25.4 Å². The van der Waals surface area contributed by atoms with Gasteiger partial charge in [-0.05, 0) is 25.7 Å². The molecule has 1 aliphatic rings. The number of esters is 1. The van der Waals surface area contributed by atoms with Crippen molar-refractivity contribution in [1.82, 2.24) is 0 Å². The molecule has 13 heavy (non-hydrogen) atoms. The summed E-state index contributed by atoms with van der Waals surface area (Å²) < 4.78 is 4.84. The highest BCUT2D eigenvalue weighted by Crippen LogP contribution is 2.26. The molecular weight excluding hydrogens is 168 g/mol. The van der Waals surface area contributed by atoms with E-state index >= 15 is 0 Å². The first kappa shape index (κ1) is 10.2. The van der Waals surface area contributed by atoms with Crippen LogP contribution in [-0.4, -0.2) is 18.4 Å². The van der Waals surface area contributed by atoms with Gasteiger partial charge in [-0.2, -0.15) is 0 Å². The Kier molecular flexibility index (Phi) is 3.46. The number of rotatable bonds is 2. The molecule has 0 unspecified atom stereocenters. The molecule has 0 saturated heterocycles. The first-order valence-electron chi connectivity index (χ1n) is 4.84. The van der Waals surface area contributed by atoms with Gasteiger partial charge in [0.15, 0.2) is 0 Å². The molecule has 0 aromatic heterocycles. The fraction of sp³-hybridized carbons (Fsp3) is 0.800. The minimum atomic E-state index is -0.483. The van der Waals surface area contributed by atoms with Gasteiger partial charge in [0, 0.05) is 6.42 Å². The van der Waals surface area contributed by atoms with Crippen LogP contribution in [-0.2, 0) is 14.3 Å². The zero-order valence-corrected chi connectivity index (χ0v) is 8.21. The van der Waals surface area contributed by atoms with E-state index in [1.165, 1.54) is 0 Å². The molecule has 3 heteroatoms. The Labute approximate surface area is 78.5 Å². The maximum absolute atomic E-state index is 11.4. The van der Waals surface area contributed by atoms with Gasteiger partial charge >= 0.3 is 5.97 Å². The summed E-state index contributed by atoms with van der Waals surface area (Å²) in [6.07, 6.45) is 2.11. The van der Waals surface area contributed by atoms with Crippen LogP contribution in [0.15, 0.2) is 0 Å². The van der Waals surface area contributed by atoms with Gasteiger partial charge in [-0.25, -0.2) is 0 Å². The van der Waals surface area contributed by atoms with Gasteiger partial charge in [0.2, 0.25) is 0 Å². The lowest BCUT2D eigenvalue weighted by atomic mass is 9.81. The van der Waals surface area contributed by atoms with Crippen molar-refractivity contribution in [2.45, 2.75) is 33.1 Å². The van der Waals surface area contributed by atoms with Crippen LogP contribution in [0.4, 0.5) is 0 Å². The Balaban J connectivity index is 2.55. The van der Waals surface area contributed by atoms with Crippen molar-refractivity contribution < 1.29 is 14.3 Å². The first-order chi connectivity index (χ1) is 6.15. The van der Waals surface area contributed by atoms with E-state index < -0.39 is 5.92 Å². The second kappa shape index (κ2) is 4.40. The van der Waals surface area contributed by atoms with E-state index in [1.807, 2.05) is 0 Å². The predicted molar refractivity (Wildman–Crippen MR) is 48.1 cm³/mol. The van der Waals surface area contributed by atoms with Crippen molar-refractivity contribution in [3.63, 3.8) is 0 Å². The van der Waals surface area contributed by atoms with E-state index in [-0.39, 0.29) is 11.8 Å². The maximum atomic E-state index is 11.4. The Morgan fingerprint density at radius 1 is 1.62 bits per heavy atom. The SMILES string of the molecule is CCOC(=O)[C@H]1C[C@@H](C)CCC1=O. The van der Waals surface area contributed by atoms with E-state index in [0.717, 1.165) is 6.42 Å². The Morgan fingerprint density at radius 3 is 2.92 bits per heavy atom. The molecule has 2 atom stereocenters. The minimum absolute atomic E-state index is 0.0524. The van der Waals surface area contributed by atoms with E-state index in [4.69, 9.17) is 4.74 Å². The third-order valence-corrected chi connectivity index (χ3v) is 2.48. The fourth-order valence-corrected chi connectivity index (χ4v) is 1.69. The van der Waals surface area contributed by atoms with E-state index in [2.05, 4.69) is 6.92 Å². The Morgan fingerprint density at radius 2 is 2.31 bits per heavy atom. The van der Waals surface area contributed by atoms with Crippen molar-refractivity contribution in [2.75, 3.05) is 6.61 Å². The summed E-state index contributed by atoms with van der Waals surface area (Å²) in [6, 6.07) is 0. The molecule has 1 saturated carbocycles. The highest BCUT2D eigenvalue weighted by atomic mass is 16.5. The second-order valence-electron chi connectivity index (χ2n) is 3.65. The molecule has 0 aromatic rings. The highest BCUT2D eigenvalue weighted by molar-refractivity contribution is 5.99. The highest BCUT2D eigenvalue weighted by Gasteiger charge is 2.32. The monoisotopic (exact) mass is 184 g/mol. The van der Waals surface area contributed by atoms with Gasteiger partial charge in [-0.3, -0.25) is 9.59 Å². The van der Waals surface area contributed by atoms with Crippen LogP contribution in [0.5, 0.6) is 0 Å². The average Bonchev–Trinajstić information content (AvgIpc) is 2.09. The molecule has 1 fully saturated rings. The van der Waals surface area contributed by atoms with Crippen LogP contribution in [0.25, 0.3) is 0 Å². The molecule has 0 bridgehead atoms. The summed E-state index contributed by atoms with van der Waals surface area (Å²) in [5, 5.41) is 0. The lowest BCUT2D eigenvalue weighted by molar-refractivity contribution is -0.153. The summed E-state index contributed by atoms with van der Waals surface area (Å²) in [5.74, 6) is -0.300. The molecule has 0 heterocycles. The average molecular weight is 184 g/mol. The summed E-state index contributed by atoms with van der Waals surface area (Å²) in [7, 11) is 0.